The summed E-state index contributed by atoms with van der Waals surface area (Å²) in [6.07, 6.45) is 0.411. The van der Waals surface area contributed by atoms with Gasteiger partial charge < -0.3 is 64.8 Å². The normalized spacial score (nSPS) is 15.8. The maximum atomic E-state index is 13.8. The minimum atomic E-state index is -1.26. The third kappa shape index (κ3) is 28.9. The fraction of sp³-hybridized carbons (Fsp3) is 0.302. The Kier molecular flexibility index (Phi) is 33.9. The van der Waals surface area contributed by atoms with Crippen LogP contribution in [0.4, 0.5) is 14.4 Å². The predicted molar refractivity (Wildman–Crippen MR) is 414 cm³/mol. The van der Waals surface area contributed by atoms with E-state index >= 15 is 0 Å². The Bertz CT molecular complexity index is 4160. The highest BCUT2D eigenvalue weighted by Crippen LogP contribution is 2.24. The quantitative estimate of drug-likeness (QED) is 0.0173. The summed E-state index contributed by atoms with van der Waals surface area (Å²) in [7, 11) is 0. The minimum Gasteiger partial charge on any atom is -0.480 e. The van der Waals surface area contributed by atoms with E-state index in [-0.39, 0.29) is 77.7 Å². The Labute approximate surface area is 637 Å². The molecule has 23 heteroatoms. The number of carbonyl (C=O) groups is 10. The molecule has 0 spiro atoms. The van der Waals surface area contributed by atoms with E-state index < -0.39 is 90.3 Å². The molecule has 2 heterocycles. The van der Waals surface area contributed by atoms with E-state index in [1.807, 2.05) is 206 Å². The van der Waals surface area contributed by atoms with Crippen molar-refractivity contribution < 1.29 is 72.4 Å². The van der Waals surface area contributed by atoms with Crippen LogP contribution in [-0.2, 0) is 99.9 Å². The molecule has 7 amide bonds. The molecule has 8 aromatic carbocycles. The number of rotatable bonds is 28. The first-order valence-electron chi connectivity index (χ1n) is 36.0. The lowest BCUT2D eigenvalue weighted by molar-refractivity contribution is -0.149. The molecule has 23 nitrogen and oxygen atoms in total. The Morgan fingerprint density at radius 1 is 0.514 bits per heavy atom. The molecule has 572 valence electrons. The van der Waals surface area contributed by atoms with Crippen molar-refractivity contribution in [3.8, 4) is 0 Å². The van der Waals surface area contributed by atoms with Gasteiger partial charge in [-0.25, -0.2) is 19.2 Å². The number of ether oxygens (including phenoxy) is 3. The van der Waals surface area contributed by atoms with Gasteiger partial charge in [-0.2, -0.15) is 0 Å². The smallest absolute Gasteiger partial charge is 0.411 e. The number of hydrogen-bond donors (Lipinski definition) is 5. The summed E-state index contributed by atoms with van der Waals surface area (Å²) in [6, 6.07) is 69.8. The van der Waals surface area contributed by atoms with Crippen LogP contribution in [0.15, 0.2) is 255 Å². The zero-order valence-corrected chi connectivity index (χ0v) is 62.3. The fourth-order valence-electron chi connectivity index (χ4n) is 11.9. The van der Waals surface area contributed by atoms with Gasteiger partial charge in [-0.15, -0.1) is 6.58 Å². The standard InChI is InChI=1S/C29H29N3O6.C29H29N3O5.C17H23NO4.C11H17N/c33-26(34)19-32-25(16-21-10-4-1-5-11-21)28(36)31(17-22-12-6-2-7-13-22)18-24(27(32)35)30-29(37)38-20-23-14-8-3-9-15-23;33-17-16-32-26(18-22-10-4-1-5-11-22)28(35)31(19-23-12-6-2-7-13-23)20-25(27(32)34)30-29(36)37-21-24-14-8-3-9-15-24;1-5-11-18(16(21)22-17(2,3)4)14(15(19)20)12-13-9-7-6-8-10-13;1-10(2)8-12-9-11-6-4-3-5-7-11/h1-15,24-25H,16-20H2,(H,30,37)(H,33,34);1-15,17,25-26H,16,18-21H2,(H,30,36);5-10,14H,1,11-12H2,2-4H3,(H,19,20);3-7,10,12H,8-9H2,1-2H3/t24?,25-;25?,26-;14-;/m000./s1. The number of amides is 7. The van der Waals surface area contributed by atoms with Crippen molar-refractivity contribution in [3.63, 3.8) is 0 Å². The topological polar surface area (TPSA) is 291 Å². The first kappa shape index (κ1) is 84.0. The van der Waals surface area contributed by atoms with Crippen molar-refractivity contribution in [1.29, 1.82) is 0 Å². The van der Waals surface area contributed by atoms with Crippen LogP contribution >= 0.6 is 0 Å². The number of nitrogens with one attached hydrogen (secondary N) is 3. The molecule has 0 bridgehead atoms. The third-order valence-corrected chi connectivity index (χ3v) is 17.1. The second kappa shape index (κ2) is 44.0. The highest BCUT2D eigenvalue weighted by molar-refractivity contribution is 5.97. The van der Waals surface area contributed by atoms with Crippen LogP contribution in [-0.4, -0.2) is 170 Å². The molecular weight excluding hydrogens is 1380 g/mol. The van der Waals surface area contributed by atoms with Crippen molar-refractivity contribution in [2.45, 2.75) is 123 Å². The molecule has 109 heavy (non-hydrogen) atoms. The van der Waals surface area contributed by atoms with E-state index in [2.05, 4.69) is 60.6 Å². The number of benzene rings is 8. The van der Waals surface area contributed by atoms with Crippen LogP contribution in [0.3, 0.4) is 0 Å². The maximum absolute atomic E-state index is 13.8. The second-order valence-corrected chi connectivity index (χ2v) is 27.3. The Balaban J connectivity index is 0.000000217. The summed E-state index contributed by atoms with van der Waals surface area (Å²) in [5.41, 5.74) is 6.44. The summed E-state index contributed by atoms with van der Waals surface area (Å²) >= 11 is 0. The van der Waals surface area contributed by atoms with Gasteiger partial charge in [0.2, 0.25) is 23.6 Å². The highest BCUT2D eigenvalue weighted by atomic mass is 16.6. The molecule has 0 radical (unpaired) electrons. The second-order valence-electron chi connectivity index (χ2n) is 27.3. The zero-order chi connectivity index (χ0) is 78.5. The third-order valence-electron chi connectivity index (χ3n) is 17.1. The first-order valence-corrected chi connectivity index (χ1v) is 36.0. The van der Waals surface area contributed by atoms with Crippen molar-refractivity contribution in [2.24, 2.45) is 5.92 Å². The van der Waals surface area contributed by atoms with E-state index in [1.54, 1.807) is 37.8 Å². The molecule has 2 aliphatic heterocycles. The molecule has 5 N–H and O–H groups in total. The summed E-state index contributed by atoms with van der Waals surface area (Å²) in [5, 5.41) is 27.7. The van der Waals surface area contributed by atoms with Crippen LogP contribution in [0.1, 0.15) is 79.1 Å². The average molecular weight is 1480 g/mol. The number of hydrogen-bond acceptors (Lipinski definition) is 14. The molecule has 0 saturated carbocycles. The molecule has 0 aliphatic carbocycles. The summed E-state index contributed by atoms with van der Waals surface area (Å²) < 4.78 is 15.9. The summed E-state index contributed by atoms with van der Waals surface area (Å²) in [4.78, 5) is 134. The fourth-order valence-corrected chi connectivity index (χ4v) is 11.9. The van der Waals surface area contributed by atoms with Gasteiger partial charge in [0.05, 0.1) is 19.6 Å². The highest BCUT2D eigenvalue weighted by Gasteiger charge is 2.44. The van der Waals surface area contributed by atoms with Crippen LogP contribution in [0.2, 0.25) is 0 Å². The van der Waals surface area contributed by atoms with Crippen molar-refractivity contribution in [2.75, 3.05) is 39.3 Å². The molecule has 2 aliphatic rings. The van der Waals surface area contributed by atoms with E-state index in [0.717, 1.165) is 62.9 Å². The SMILES string of the molecule is C=CCN(C(=O)OC(C)(C)C)[C@@H](Cc1ccccc1)C(=O)O.CC(C)CNCc1ccccc1.O=C(O)CN1C(=O)C(NC(=O)OCc2ccccc2)CN(Cc2ccccc2)C(=O)[C@@H]1Cc1ccccc1.O=CCN1C(=O)C(NC(=O)OCc2ccccc2)CN(Cc2ccccc2)C(=O)[C@@H]1Cc1ccccc1. The zero-order valence-electron chi connectivity index (χ0n) is 62.3. The Morgan fingerprint density at radius 2 is 0.872 bits per heavy atom. The van der Waals surface area contributed by atoms with Gasteiger partial charge in [0.25, 0.3) is 0 Å². The first-order chi connectivity index (χ1) is 52.5. The molecular formula is C86H98N8O15. The van der Waals surface area contributed by atoms with Gasteiger partial charge in [0.1, 0.15) is 61.9 Å². The van der Waals surface area contributed by atoms with E-state index in [0.29, 0.717) is 6.29 Å². The molecule has 10 rings (SSSR count). The Hall–Kier alpha value is -12.2. The predicted octanol–water partition coefficient (Wildman–Crippen LogP) is 11.3. The lowest BCUT2D eigenvalue weighted by Crippen LogP contribution is -2.54. The van der Waals surface area contributed by atoms with Gasteiger partial charge >= 0.3 is 30.2 Å². The molecule has 5 atom stereocenters. The van der Waals surface area contributed by atoms with Gasteiger partial charge in [-0.1, -0.05) is 263 Å². The number of carboxylic acids is 2. The average Bonchev–Trinajstić information content (AvgIpc) is 1.68. The van der Waals surface area contributed by atoms with E-state index in [4.69, 9.17) is 14.2 Å². The van der Waals surface area contributed by atoms with Gasteiger partial charge in [0.15, 0.2) is 0 Å². The van der Waals surface area contributed by atoms with Crippen LogP contribution < -0.4 is 16.0 Å². The number of carboxylic acid groups (broad SMARTS) is 2. The lowest BCUT2D eigenvalue weighted by atomic mass is 10.0. The van der Waals surface area contributed by atoms with Gasteiger partial charge in [-0.3, -0.25) is 28.9 Å². The minimum absolute atomic E-state index is 0.00425. The summed E-state index contributed by atoms with van der Waals surface area (Å²) in [6.45, 7) is 14.8. The monoisotopic (exact) mass is 1480 g/mol. The lowest BCUT2D eigenvalue weighted by Gasteiger charge is -2.30. The van der Waals surface area contributed by atoms with Gasteiger partial charge in [-0.05, 0) is 77.7 Å². The van der Waals surface area contributed by atoms with Crippen LogP contribution in [0.5, 0.6) is 0 Å². The number of alkyl carbamates (subject to hydrolysis) is 2. The largest absolute Gasteiger partial charge is 0.480 e. The molecule has 2 fully saturated rings. The number of aldehydes is 1. The van der Waals surface area contributed by atoms with Gasteiger partial charge in [0, 0.05) is 45.4 Å². The van der Waals surface area contributed by atoms with Crippen molar-refractivity contribution >= 4 is 60.1 Å². The van der Waals surface area contributed by atoms with Crippen molar-refractivity contribution in [1.82, 2.24) is 40.4 Å². The summed E-state index contributed by atoms with van der Waals surface area (Å²) in [5.74, 6) is -3.45. The molecule has 2 saturated heterocycles. The maximum Gasteiger partial charge on any atom is 0.411 e. The molecule has 8 aromatic rings. The van der Waals surface area contributed by atoms with E-state index in [9.17, 15) is 58.2 Å². The Morgan fingerprint density at radius 3 is 1.23 bits per heavy atom. The number of carbonyl (C=O) groups excluding carboxylic acids is 8. The van der Waals surface area contributed by atoms with E-state index in [1.165, 1.54) is 26.3 Å². The molecule has 2 unspecified atom stereocenters. The number of aliphatic carboxylic acids is 2. The van der Waals surface area contributed by atoms with Crippen molar-refractivity contribution in [3.05, 3.63) is 300 Å². The number of nitrogens with zero attached hydrogens (tertiary/aromatic N) is 5. The molecule has 0 aromatic heterocycles. The van der Waals surface area contributed by atoms with Crippen LogP contribution in [0, 0.1) is 5.92 Å². The van der Waals surface area contributed by atoms with Crippen LogP contribution in [0.25, 0.3) is 0 Å².